The van der Waals surface area contributed by atoms with Gasteiger partial charge in [0.2, 0.25) is 0 Å². The lowest BCUT2D eigenvalue weighted by Gasteiger charge is -2.26. The molecule has 3 N–H and O–H groups in total. The fraction of sp³-hybridized carbons (Fsp3) is 0.261. The molecule has 1 fully saturated rings. The van der Waals surface area contributed by atoms with Crippen molar-refractivity contribution >= 4 is 28.5 Å². The summed E-state index contributed by atoms with van der Waals surface area (Å²) in [4.78, 5) is 22.0. The van der Waals surface area contributed by atoms with E-state index in [1.807, 2.05) is 48.5 Å². The molecule has 8 heteroatoms. The molecule has 0 bridgehead atoms. The first-order valence-corrected chi connectivity index (χ1v) is 10.2. The first kappa shape index (κ1) is 20.8. The van der Waals surface area contributed by atoms with Crippen LogP contribution < -0.4 is 16.1 Å². The largest absolute Gasteiger partial charge is 0.492 e. The summed E-state index contributed by atoms with van der Waals surface area (Å²) in [6.45, 7) is 4.96. The van der Waals surface area contributed by atoms with E-state index in [0.717, 1.165) is 49.5 Å². The normalized spacial score (nSPS) is 15.5. The molecule has 31 heavy (non-hydrogen) atoms. The summed E-state index contributed by atoms with van der Waals surface area (Å²) in [6, 6.07) is 16.7. The maximum atomic E-state index is 12.4. The molecule has 2 heterocycles. The number of ether oxygens (including phenoxy) is 2. The van der Waals surface area contributed by atoms with Gasteiger partial charge < -0.3 is 20.3 Å². The summed E-state index contributed by atoms with van der Waals surface area (Å²) in [6.07, 6.45) is 1.49. The van der Waals surface area contributed by atoms with E-state index in [2.05, 4.69) is 20.0 Å². The number of hydrogen-bond acceptors (Lipinski definition) is 7. The second kappa shape index (κ2) is 10.0. The van der Waals surface area contributed by atoms with Gasteiger partial charge >= 0.3 is 0 Å². The average molecular weight is 419 g/mol. The molecule has 0 saturated carbocycles. The molecule has 0 aliphatic carbocycles. The van der Waals surface area contributed by atoms with Gasteiger partial charge in [0.1, 0.15) is 18.1 Å². The molecule has 0 amide bonds. The van der Waals surface area contributed by atoms with E-state index < -0.39 is 0 Å². The predicted molar refractivity (Wildman–Crippen MR) is 123 cm³/mol. The highest BCUT2D eigenvalue weighted by molar-refractivity contribution is 6.38. The number of pyridine rings is 1. The number of hydrogen-bond donors (Lipinski definition) is 2. The smallest absolute Gasteiger partial charge is 0.258 e. The Kier molecular flexibility index (Phi) is 6.71. The van der Waals surface area contributed by atoms with Gasteiger partial charge in [-0.1, -0.05) is 18.2 Å². The Bertz CT molecular complexity index is 1130. The summed E-state index contributed by atoms with van der Waals surface area (Å²) in [7, 11) is 0. The number of morpholine rings is 1. The number of aromatic nitrogens is 1. The number of benzene rings is 2. The number of nitrogens with one attached hydrogen (secondary N) is 1. The first-order chi connectivity index (χ1) is 15.2. The molecule has 1 aromatic heterocycles. The summed E-state index contributed by atoms with van der Waals surface area (Å²) in [5.41, 5.74) is 1.87. The van der Waals surface area contributed by atoms with E-state index in [0.29, 0.717) is 23.6 Å². The predicted octanol–water partition coefficient (Wildman–Crippen LogP) is 2.30. The van der Waals surface area contributed by atoms with Gasteiger partial charge in [-0.3, -0.25) is 14.7 Å². The van der Waals surface area contributed by atoms with Crippen LogP contribution in [0.15, 0.2) is 69.5 Å². The molecule has 3 aromatic rings. The van der Waals surface area contributed by atoms with Crippen LogP contribution in [0.2, 0.25) is 0 Å². The average Bonchev–Trinajstić information content (AvgIpc) is 2.81. The molecule has 1 aliphatic heterocycles. The molecular formula is C23H25N5O3. The maximum Gasteiger partial charge on any atom is 0.258 e. The Labute approximate surface area is 180 Å². The minimum Gasteiger partial charge on any atom is -0.492 e. The molecule has 0 unspecified atom stereocenters. The third-order valence-corrected chi connectivity index (χ3v) is 5.12. The molecule has 0 atom stereocenters. The van der Waals surface area contributed by atoms with Crippen molar-refractivity contribution in [1.29, 1.82) is 0 Å². The second-order valence-corrected chi connectivity index (χ2v) is 7.17. The van der Waals surface area contributed by atoms with E-state index in [4.69, 9.17) is 15.3 Å². The van der Waals surface area contributed by atoms with Crippen molar-refractivity contribution in [2.75, 3.05) is 39.5 Å². The van der Waals surface area contributed by atoms with E-state index in [1.165, 1.54) is 6.21 Å². The maximum absolute atomic E-state index is 12.4. The van der Waals surface area contributed by atoms with E-state index >= 15 is 0 Å². The highest BCUT2D eigenvalue weighted by Gasteiger charge is 2.10. The third kappa shape index (κ3) is 5.36. The van der Waals surface area contributed by atoms with Crippen molar-refractivity contribution in [2.24, 2.45) is 15.9 Å². The lowest BCUT2D eigenvalue weighted by Crippen LogP contribution is -2.38. The molecule has 8 nitrogen and oxygen atoms in total. The van der Waals surface area contributed by atoms with Crippen LogP contribution in [0.1, 0.15) is 5.56 Å². The van der Waals surface area contributed by atoms with E-state index in [9.17, 15) is 4.79 Å². The molecule has 4 rings (SSSR count). The number of H-pyrrole nitrogens is 1. The Morgan fingerprint density at radius 1 is 1.16 bits per heavy atom. The van der Waals surface area contributed by atoms with Crippen molar-refractivity contribution in [3.63, 3.8) is 0 Å². The number of para-hydroxylation sites is 1. The number of aromatic amines is 1. The molecule has 1 saturated heterocycles. The molecular weight excluding hydrogens is 394 g/mol. The van der Waals surface area contributed by atoms with Crippen LogP contribution in [0.5, 0.6) is 5.75 Å². The van der Waals surface area contributed by atoms with Crippen LogP contribution in [-0.2, 0) is 4.74 Å². The zero-order chi connectivity index (χ0) is 21.5. The Balaban J connectivity index is 1.39. The van der Waals surface area contributed by atoms with Crippen LogP contribution in [0, 0.1) is 0 Å². The standard InChI is InChI=1S/C23H25N5O3/c24-27-22(20-15-17-3-1-2-4-21(17)26-23(20)29)16-25-18-5-7-19(8-6-18)31-14-11-28-9-12-30-13-10-28/h1-8,15-16H,9-14,24H2,(H,26,29). The molecule has 160 valence electrons. The molecule has 1 aliphatic rings. The topological polar surface area (TPSA) is 105 Å². The van der Waals surface area contributed by atoms with Gasteiger partial charge in [0, 0.05) is 25.2 Å². The van der Waals surface area contributed by atoms with Crippen molar-refractivity contribution in [3.8, 4) is 5.75 Å². The van der Waals surface area contributed by atoms with Gasteiger partial charge in [0.25, 0.3) is 5.56 Å². The van der Waals surface area contributed by atoms with Gasteiger partial charge in [-0.2, -0.15) is 5.10 Å². The van der Waals surface area contributed by atoms with Crippen LogP contribution >= 0.6 is 0 Å². The number of rotatable bonds is 7. The summed E-state index contributed by atoms with van der Waals surface area (Å²) >= 11 is 0. The number of hydrazone groups is 1. The number of aliphatic imine (C=N–C) groups is 1. The molecule has 0 radical (unpaired) electrons. The monoisotopic (exact) mass is 419 g/mol. The minimum atomic E-state index is -0.265. The molecule has 0 spiro atoms. The fourth-order valence-electron chi connectivity index (χ4n) is 3.39. The summed E-state index contributed by atoms with van der Waals surface area (Å²) in [5.74, 6) is 6.32. The number of nitrogens with zero attached hydrogens (tertiary/aromatic N) is 3. The Morgan fingerprint density at radius 3 is 2.71 bits per heavy atom. The van der Waals surface area contributed by atoms with Gasteiger partial charge in [-0.15, -0.1) is 0 Å². The summed E-state index contributed by atoms with van der Waals surface area (Å²) < 4.78 is 11.2. The van der Waals surface area contributed by atoms with Gasteiger partial charge in [-0.05, 0) is 41.8 Å². The number of fused-ring (bicyclic) bond motifs is 1. The molecule has 2 aromatic carbocycles. The highest BCUT2D eigenvalue weighted by Crippen LogP contribution is 2.18. The van der Waals surface area contributed by atoms with Crippen molar-refractivity contribution in [2.45, 2.75) is 0 Å². The van der Waals surface area contributed by atoms with Crippen LogP contribution in [-0.4, -0.2) is 61.3 Å². The van der Waals surface area contributed by atoms with Crippen molar-refractivity contribution < 1.29 is 9.47 Å². The Morgan fingerprint density at radius 2 is 1.94 bits per heavy atom. The van der Waals surface area contributed by atoms with Gasteiger partial charge in [-0.25, -0.2) is 0 Å². The van der Waals surface area contributed by atoms with Crippen molar-refractivity contribution in [1.82, 2.24) is 9.88 Å². The Hall–Kier alpha value is -3.49. The van der Waals surface area contributed by atoms with Crippen LogP contribution in [0.25, 0.3) is 10.9 Å². The van der Waals surface area contributed by atoms with Crippen LogP contribution in [0.3, 0.4) is 0 Å². The number of nitrogens with two attached hydrogens (primary N) is 1. The summed E-state index contributed by atoms with van der Waals surface area (Å²) in [5, 5.41) is 4.65. The lowest BCUT2D eigenvalue weighted by molar-refractivity contribution is 0.0322. The second-order valence-electron chi connectivity index (χ2n) is 7.17. The van der Waals surface area contributed by atoms with E-state index in [-0.39, 0.29) is 5.56 Å². The minimum absolute atomic E-state index is 0.265. The zero-order valence-electron chi connectivity index (χ0n) is 17.2. The zero-order valence-corrected chi connectivity index (χ0v) is 17.2. The van der Waals surface area contributed by atoms with Crippen molar-refractivity contribution in [3.05, 3.63) is 70.5 Å². The third-order valence-electron chi connectivity index (χ3n) is 5.12. The first-order valence-electron chi connectivity index (χ1n) is 10.2. The van der Waals surface area contributed by atoms with Crippen LogP contribution in [0.4, 0.5) is 5.69 Å². The highest BCUT2D eigenvalue weighted by atomic mass is 16.5. The van der Waals surface area contributed by atoms with E-state index in [1.54, 1.807) is 6.07 Å². The SMILES string of the molecule is NN=C(C=Nc1ccc(OCCN2CCOCC2)cc1)c1cc2ccccc2[nH]c1=O. The quantitative estimate of drug-likeness (QED) is 0.347. The fourth-order valence-corrected chi connectivity index (χ4v) is 3.39. The lowest BCUT2D eigenvalue weighted by atomic mass is 10.1. The van der Waals surface area contributed by atoms with Gasteiger partial charge in [0.15, 0.2) is 0 Å². The van der Waals surface area contributed by atoms with Gasteiger partial charge in [0.05, 0.1) is 30.7 Å².